The predicted octanol–water partition coefficient (Wildman–Crippen LogP) is 2.87. The van der Waals surface area contributed by atoms with Gasteiger partial charge in [-0.05, 0) is 12.1 Å². The number of imidazole rings is 1. The second kappa shape index (κ2) is 3.18. The summed E-state index contributed by atoms with van der Waals surface area (Å²) in [7, 11) is 0. The molecule has 2 nitrogen and oxygen atoms in total. The lowest BCUT2D eigenvalue weighted by Gasteiger charge is -2.00. The van der Waals surface area contributed by atoms with E-state index in [4.69, 9.17) is 11.6 Å². The van der Waals surface area contributed by atoms with Crippen LogP contribution in [0.5, 0.6) is 0 Å². The number of hydrogen-bond acceptors (Lipinski definition) is 1. The first-order chi connectivity index (χ1) is 6.29. The lowest BCUT2D eigenvalue weighted by Crippen LogP contribution is -1.84. The number of benzene rings is 1. The molecule has 1 heterocycles. The van der Waals surface area contributed by atoms with E-state index in [2.05, 4.69) is 9.97 Å². The van der Waals surface area contributed by atoms with Crippen LogP contribution in [0.15, 0.2) is 30.7 Å². The topological polar surface area (TPSA) is 28.7 Å². The highest BCUT2D eigenvalue weighted by Crippen LogP contribution is 2.25. The summed E-state index contributed by atoms with van der Waals surface area (Å²) >= 11 is 5.62. The average molecular weight is 197 g/mol. The van der Waals surface area contributed by atoms with Crippen LogP contribution in [0.3, 0.4) is 0 Å². The average Bonchev–Trinajstić information content (AvgIpc) is 2.62. The summed E-state index contributed by atoms with van der Waals surface area (Å²) in [5.74, 6) is -0.423. The summed E-state index contributed by atoms with van der Waals surface area (Å²) in [6.07, 6.45) is 3.05. The first kappa shape index (κ1) is 8.26. The van der Waals surface area contributed by atoms with Crippen LogP contribution in [0.2, 0.25) is 5.02 Å². The Morgan fingerprint density at radius 3 is 2.92 bits per heavy atom. The van der Waals surface area contributed by atoms with Crippen molar-refractivity contribution in [2.24, 2.45) is 0 Å². The molecular weight excluding hydrogens is 191 g/mol. The predicted molar refractivity (Wildman–Crippen MR) is 49.0 cm³/mol. The zero-order valence-corrected chi connectivity index (χ0v) is 7.35. The van der Waals surface area contributed by atoms with E-state index in [1.165, 1.54) is 12.4 Å². The quantitative estimate of drug-likeness (QED) is 0.747. The van der Waals surface area contributed by atoms with Crippen LogP contribution >= 0.6 is 11.6 Å². The number of rotatable bonds is 1. The van der Waals surface area contributed by atoms with Gasteiger partial charge in [0.05, 0.1) is 23.2 Å². The molecule has 4 heteroatoms. The Labute approximate surface area is 79.4 Å². The van der Waals surface area contributed by atoms with Crippen molar-refractivity contribution in [1.82, 2.24) is 9.97 Å². The summed E-state index contributed by atoms with van der Waals surface area (Å²) in [4.78, 5) is 6.62. The van der Waals surface area contributed by atoms with Gasteiger partial charge < -0.3 is 4.98 Å². The fourth-order valence-electron chi connectivity index (χ4n) is 1.11. The largest absolute Gasteiger partial charge is 0.345 e. The summed E-state index contributed by atoms with van der Waals surface area (Å²) in [6.45, 7) is 0. The van der Waals surface area contributed by atoms with Crippen molar-refractivity contribution in [3.05, 3.63) is 41.6 Å². The minimum Gasteiger partial charge on any atom is -0.345 e. The number of halogens is 2. The van der Waals surface area contributed by atoms with E-state index in [0.717, 1.165) is 0 Å². The molecule has 0 atom stereocenters. The molecule has 1 aromatic heterocycles. The fraction of sp³-hybridized carbons (Fsp3) is 0. The van der Waals surface area contributed by atoms with E-state index in [1.807, 2.05) is 0 Å². The summed E-state index contributed by atoms with van der Waals surface area (Å²) in [6, 6.07) is 4.85. The Morgan fingerprint density at radius 2 is 2.23 bits per heavy atom. The standard InChI is InChI=1S/C9H6ClFN2/c10-7-3-1-2-6(9(7)11)8-4-12-5-13-8/h1-5H,(H,12,13). The van der Waals surface area contributed by atoms with E-state index < -0.39 is 5.82 Å². The molecule has 1 aromatic carbocycles. The highest BCUT2D eigenvalue weighted by Gasteiger charge is 2.08. The van der Waals surface area contributed by atoms with Crippen molar-refractivity contribution in [2.75, 3.05) is 0 Å². The smallest absolute Gasteiger partial charge is 0.151 e. The van der Waals surface area contributed by atoms with Crippen molar-refractivity contribution in [1.29, 1.82) is 0 Å². The van der Waals surface area contributed by atoms with Gasteiger partial charge in [0.15, 0.2) is 5.82 Å². The maximum absolute atomic E-state index is 13.4. The van der Waals surface area contributed by atoms with E-state index >= 15 is 0 Å². The molecule has 0 radical (unpaired) electrons. The molecule has 0 aliphatic rings. The van der Waals surface area contributed by atoms with Gasteiger partial charge in [-0.15, -0.1) is 0 Å². The lowest BCUT2D eigenvalue weighted by atomic mass is 10.1. The summed E-state index contributed by atoms with van der Waals surface area (Å²) in [5, 5.41) is 0.118. The second-order valence-corrected chi connectivity index (χ2v) is 2.97. The minimum absolute atomic E-state index is 0.118. The molecule has 2 aromatic rings. The SMILES string of the molecule is Fc1c(Cl)cccc1-c1cnc[nH]1. The van der Waals surface area contributed by atoms with Crippen molar-refractivity contribution in [3.8, 4) is 11.3 Å². The Bertz CT molecular complexity index is 412. The Kier molecular flexibility index (Phi) is 2.02. The minimum atomic E-state index is -0.423. The fourth-order valence-corrected chi connectivity index (χ4v) is 1.29. The van der Waals surface area contributed by atoms with Gasteiger partial charge in [0, 0.05) is 5.56 Å². The molecule has 66 valence electrons. The first-order valence-corrected chi connectivity index (χ1v) is 4.09. The molecule has 0 aliphatic carbocycles. The Morgan fingerprint density at radius 1 is 1.38 bits per heavy atom. The molecular formula is C9H6ClFN2. The van der Waals surface area contributed by atoms with Crippen molar-refractivity contribution in [3.63, 3.8) is 0 Å². The highest BCUT2D eigenvalue weighted by molar-refractivity contribution is 6.31. The third-order valence-corrected chi connectivity index (χ3v) is 2.03. The van der Waals surface area contributed by atoms with Crippen molar-refractivity contribution < 1.29 is 4.39 Å². The Balaban J connectivity index is 2.59. The second-order valence-electron chi connectivity index (χ2n) is 2.57. The number of aromatic amines is 1. The molecule has 0 saturated heterocycles. The molecule has 0 aliphatic heterocycles. The number of aromatic nitrogens is 2. The lowest BCUT2D eigenvalue weighted by molar-refractivity contribution is 0.631. The van der Waals surface area contributed by atoms with Crippen LogP contribution < -0.4 is 0 Å². The van der Waals surface area contributed by atoms with Gasteiger partial charge in [0.2, 0.25) is 0 Å². The number of nitrogens with one attached hydrogen (secondary N) is 1. The van der Waals surface area contributed by atoms with Gasteiger partial charge in [0.1, 0.15) is 0 Å². The molecule has 0 spiro atoms. The molecule has 1 N–H and O–H groups in total. The zero-order valence-electron chi connectivity index (χ0n) is 6.59. The van der Waals surface area contributed by atoms with Gasteiger partial charge in [0.25, 0.3) is 0 Å². The molecule has 0 saturated carbocycles. The molecule has 0 unspecified atom stereocenters. The van der Waals surface area contributed by atoms with Gasteiger partial charge in [-0.2, -0.15) is 0 Å². The highest BCUT2D eigenvalue weighted by atomic mass is 35.5. The van der Waals surface area contributed by atoms with Crippen LogP contribution in [0.1, 0.15) is 0 Å². The molecule has 0 fully saturated rings. The zero-order chi connectivity index (χ0) is 9.26. The van der Waals surface area contributed by atoms with Crippen LogP contribution in [-0.4, -0.2) is 9.97 Å². The maximum atomic E-state index is 13.4. The molecule has 0 bridgehead atoms. The third kappa shape index (κ3) is 1.42. The van der Waals surface area contributed by atoms with E-state index in [-0.39, 0.29) is 5.02 Å². The van der Waals surface area contributed by atoms with Gasteiger partial charge in [-0.3, -0.25) is 0 Å². The van der Waals surface area contributed by atoms with Crippen molar-refractivity contribution >= 4 is 11.6 Å². The van der Waals surface area contributed by atoms with E-state index in [9.17, 15) is 4.39 Å². The van der Waals surface area contributed by atoms with Crippen LogP contribution in [-0.2, 0) is 0 Å². The molecule has 13 heavy (non-hydrogen) atoms. The van der Waals surface area contributed by atoms with Gasteiger partial charge in [-0.25, -0.2) is 9.37 Å². The Hall–Kier alpha value is -1.35. The third-order valence-electron chi connectivity index (χ3n) is 1.74. The van der Waals surface area contributed by atoms with Gasteiger partial charge in [-0.1, -0.05) is 17.7 Å². The molecule has 2 rings (SSSR count). The monoisotopic (exact) mass is 196 g/mol. The van der Waals surface area contributed by atoms with Crippen molar-refractivity contribution in [2.45, 2.75) is 0 Å². The van der Waals surface area contributed by atoms with E-state index in [0.29, 0.717) is 11.3 Å². The number of nitrogens with zero attached hydrogens (tertiary/aromatic N) is 1. The summed E-state index contributed by atoms with van der Waals surface area (Å²) in [5.41, 5.74) is 1.06. The van der Waals surface area contributed by atoms with Crippen LogP contribution in [0.4, 0.5) is 4.39 Å². The molecule has 0 amide bonds. The van der Waals surface area contributed by atoms with Crippen LogP contribution in [0.25, 0.3) is 11.3 Å². The maximum Gasteiger partial charge on any atom is 0.151 e. The number of hydrogen-bond donors (Lipinski definition) is 1. The summed E-state index contributed by atoms with van der Waals surface area (Å²) < 4.78 is 13.4. The normalized spacial score (nSPS) is 10.3. The van der Waals surface area contributed by atoms with Gasteiger partial charge >= 0.3 is 0 Å². The number of H-pyrrole nitrogens is 1. The first-order valence-electron chi connectivity index (χ1n) is 3.72. The van der Waals surface area contributed by atoms with Crippen LogP contribution in [0, 0.1) is 5.82 Å². The van der Waals surface area contributed by atoms with E-state index in [1.54, 1.807) is 18.3 Å².